The lowest BCUT2D eigenvalue weighted by Crippen LogP contribution is -1.94. The SMILES string of the molecule is Cc1nn(C)c2cc(C(=O)O)oc12. The fourth-order valence-electron chi connectivity index (χ4n) is 1.31. The Bertz CT molecular complexity index is 446. The van der Waals surface area contributed by atoms with E-state index >= 15 is 0 Å². The summed E-state index contributed by atoms with van der Waals surface area (Å²) in [5.41, 5.74) is 1.94. The maximum absolute atomic E-state index is 10.6. The highest BCUT2D eigenvalue weighted by atomic mass is 16.4. The molecule has 0 aliphatic carbocycles. The van der Waals surface area contributed by atoms with Gasteiger partial charge in [0.25, 0.3) is 0 Å². The molecule has 0 aliphatic rings. The van der Waals surface area contributed by atoms with Gasteiger partial charge in [0.05, 0.1) is 0 Å². The number of aromatic carboxylic acids is 1. The van der Waals surface area contributed by atoms with Gasteiger partial charge in [0.15, 0.2) is 5.58 Å². The number of rotatable bonds is 1. The van der Waals surface area contributed by atoms with Crippen LogP contribution in [-0.2, 0) is 7.05 Å². The molecule has 5 heteroatoms. The molecule has 0 aromatic carbocycles. The second kappa shape index (κ2) is 2.35. The Morgan fingerprint density at radius 2 is 2.38 bits per heavy atom. The molecule has 0 bridgehead atoms. The highest BCUT2D eigenvalue weighted by Crippen LogP contribution is 2.21. The number of furan rings is 1. The van der Waals surface area contributed by atoms with Crippen LogP contribution in [0.25, 0.3) is 11.1 Å². The van der Waals surface area contributed by atoms with Crippen molar-refractivity contribution in [3.63, 3.8) is 0 Å². The number of carboxylic acid groups (broad SMARTS) is 1. The molecular formula is C8H8N2O3. The van der Waals surface area contributed by atoms with Gasteiger partial charge in [-0.25, -0.2) is 4.79 Å². The van der Waals surface area contributed by atoms with E-state index in [0.717, 1.165) is 0 Å². The van der Waals surface area contributed by atoms with Crippen LogP contribution in [0.5, 0.6) is 0 Å². The third kappa shape index (κ3) is 1.00. The molecule has 1 N–H and O–H groups in total. The molecule has 5 nitrogen and oxygen atoms in total. The molecule has 0 amide bonds. The zero-order valence-electron chi connectivity index (χ0n) is 7.24. The highest BCUT2D eigenvalue weighted by molar-refractivity contribution is 5.90. The largest absolute Gasteiger partial charge is 0.475 e. The summed E-state index contributed by atoms with van der Waals surface area (Å²) >= 11 is 0. The molecule has 0 saturated heterocycles. The van der Waals surface area contributed by atoms with E-state index in [4.69, 9.17) is 9.52 Å². The molecule has 0 saturated carbocycles. The molecule has 68 valence electrons. The fraction of sp³-hybridized carbons (Fsp3) is 0.250. The molecular weight excluding hydrogens is 172 g/mol. The van der Waals surface area contributed by atoms with E-state index in [0.29, 0.717) is 16.8 Å². The number of hydrogen-bond acceptors (Lipinski definition) is 3. The van der Waals surface area contributed by atoms with E-state index in [1.165, 1.54) is 6.07 Å². The summed E-state index contributed by atoms with van der Waals surface area (Å²) in [6, 6.07) is 1.47. The molecule has 0 atom stereocenters. The van der Waals surface area contributed by atoms with Gasteiger partial charge in [-0.1, -0.05) is 0 Å². The molecule has 0 spiro atoms. The standard InChI is InChI=1S/C8H8N2O3/c1-4-7-5(10(2)9-4)3-6(13-7)8(11)12/h3H,1-2H3,(H,11,12). The van der Waals surface area contributed by atoms with Crippen LogP contribution in [0.2, 0.25) is 0 Å². The van der Waals surface area contributed by atoms with Crippen molar-refractivity contribution in [2.75, 3.05) is 0 Å². The van der Waals surface area contributed by atoms with Crippen LogP contribution in [0.1, 0.15) is 16.2 Å². The molecule has 0 aliphatic heterocycles. The Morgan fingerprint density at radius 3 is 2.92 bits per heavy atom. The number of carboxylic acids is 1. The Kier molecular flexibility index (Phi) is 1.42. The van der Waals surface area contributed by atoms with E-state index < -0.39 is 5.97 Å². The minimum absolute atomic E-state index is 0.0499. The van der Waals surface area contributed by atoms with Gasteiger partial charge in [0, 0.05) is 13.1 Å². The van der Waals surface area contributed by atoms with Crippen molar-refractivity contribution in [3.05, 3.63) is 17.5 Å². The third-order valence-electron chi connectivity index (χ3n) is 1.90. The van der Waals surface area contributed by atoms with Crippen molar-refractivity contribution >= 4 is 17.1 Å². The summed E-state index contributed by atoms with van der Waals surface area (Å²) in [6.45, 7) is 1.78. The van der Waals surface area contributed by atoms with Crippen LogP contribution in [0.3, 0.4) is 0 Å². The number of carbonyl (C=O) groups is 1. The molecule has 0 radical (unpaired) electrons. The van der Waals surface area contributed by atoms with E-state index in [1.54, 1.807) is 18.7 Å². The van der Waals surface area contributed by atoms with Crippen molar-refractivity contribution in [1.29, 1.82) is 0 Å². The predicted molar refractivity (Wildman–Crippen MR) is 44.7 cm³/mol. The van der Waals surface area contributed by atoms with Crippen molar-refractivity contribution in [1.82, 2.24) is 9.78 Å². The Labute approximate surface area is 73.6 Å². The lowest BCUT2D eigenvalue weighted by molar-refractivity contribution is 0.0665. The first-order valence-electron chi connectivity index (χ1n) is 3.76. The second-order valence-electron chi connectivity index (χ2n) is 2.84. The minimum atomic E-state index is -1.06. The Morgan fingerprint density at radius 1 is 1.69 bits per heavy atom. The highest BCUT2D eigenvalue weighted by Gasteiger charge is 2.15. The van der Waals surface area contributed by atoms with Crippen LogP contribution < -0.4 is 0 Å². The molecule has 13 heavy (non-hydrogen) atoms. The summed E-state index contributed by atoms with van der Waals surface area (Å²) < 4.78 is 6.70. The second-order valence-corrected chi connectivity index (χ2v) is 2.84. The first kappa shape index (κ1) is 7.85. The number of fused-ring (bicyclic) bond motifs is 1. The molecule has 0 fully saturated rings. The topological polar surface area (TPSA) is 68.3 Å². The third-order valence-corrected chi connectivity index (χ3v) is 1.90. The first-order valence-corrected chi connectivity index (χ1v) is 3.76. The molecule has 2 heterocycles. The van der Waals surface area contributed by atoms with Gasteiger partial charge < -0.3 is 9.52 Å². The van der Waals surface area contributed by atoms with Gasteiger partial charge in [0.2, 0.25) is 5.76 Å². The fourth-order valence-corrected chi connectivity index (χ4v) is 1.31. The number of nitrogens with zero attached hydrogens (tertiary/aromatic N) is 2. The van der Waals surface area contributed by atoms with Crippen molar-refractivity contribution < 1.29 is 14.3 Å². The van der Waals surface area contributed by atoms with Crippen LogP contribution in [0.4, 0.5) is 0 Å². The monoisotopic (exact) mass is 180 g/mol. The summed E-state index contributed by atoms with van der Waals surface area (Å²) in [5, 5.41) is 12.7. The minimum Gasteiger partial charge on any atom is -0.475 e. The summed E-state index contributed by atoms with van der Waals surface area (Å²) in [7, 11) is 1.75. The first-order chi connectivity index (χ1) is 6.09. The molecule has 0 unspecified atom stereocenters. The van der Waals surface area contributed by atoms with Gasteiger partial charge in [-0.2, -0.15) is 5.10 Å². The lowest BCUT2D eigenvalue weighted by atomic mass is 10.4. The molecule has 2 aromatic heterocycles. The predicted octanol–water partition coefficient (Wildman–Crippen LogP) is 1.17. The maximum Gasteiger partial charge on any atom is 0.371 e. The van der Waals surface area contributed by atoms with Gasteiger partial charge in [-0.3, -0.25) is 4.68 Å². The summed E-state index contributed by atoms with van der Waals surface area (Å²) in [5.74, 6) is -1.11. The van der Waals surface area contributed by atoms with Crippen molar-refractivity contribution in [3.8, 4) is 0 Å². The number of hydrogen-bond donors (Lipinski definition) is 1. The number of aryl methyl sites for hydroxylation is 2. The zero-order chi connectivity index (χ0) is 9.59. The van der Waals surface area contributed by atoms with Gasteiger partial charge >= 0.3 is 5.97 Å². The van der Waals surface area contributed by atoms with Crippen molar-refractivity contribution in [2.24, 2.45) is 7.05 Å². The van der Waals surface area contributed by atoms with Gasteiger partial charge in [0.1, 0.15) is 11.2 Å². The Balaban J connectivity index is 2.76. The van der Waals surface area contributed by atoms with Crippen LogP contribution in [0.15, 0.2) is 10.5 Å². The van der Waals surface area contributed by atoms with E-state index in [9.17, 15) is 4.79 Å². The van der Waals surface area contributed by atoms with E-state index in [1.807, 2.05) is 0 Å². The van der Waals surface area contributed by atoms with Crippen molar-refractivity contribution in [2.45, 2.75) is 6.92 Å². The zero-order valence-corrected chi connectivity index (χ0v) is 7.24. The lowest BCUT2D eigenvalue weighted by Gasteiger charge is -1.86. The van der Waals surface area contributed by atoms with E-state index in [-0.39, 0.29) is 5.76 Å². The molecule has 2 rings (SSSR count). The smallest absolute Gasteiger partial charge is 0.371 e. The van der Waals surface area contributed by atoms with Crippen LogP contribution in [0, 0.1) is 6.92 Å². The van der Waals surface area contributed by atoms with E-state index in [2.05, 4.69) is 5.10 Å². The Hall–Kier alpha value is -1.78. The average Bonchev–Trinajstić information content (AvgIpc) is 2.55. The summed E-state index contributed by atoms with van der Waals surface area (Å²) in [6.07, 6.45) is 0. The molecule has 2 aromatic rings. The normalized spacial score (nSPS) is 10.9. The quantitative estimate of drug-likeness (QED) is 0.715. The van der Waals surface area contributed by atoms with Crippen LogP contribution >= 0.6 is 0 Å². The van der Waals surface area contributed by atoms with Crippen LogP contribution in [-0.4, -0.2) is 20.9 Å². The van der Waals surface area contributed by atoms with Gasteiger partial charge in [-0.05, 0) is 6.92 Å². The van der Waals surface area contributed by atoms with Gasteiger partial charge in [-0.15, -0.1) is 0 Å². The average molecular weight is 180 g/mol. The summed E-state index contributed by atoms with van der Waals surface area (Å²) in [4.78, 5) is 10.6. The number of aromatic nitrogens is 2. The maximum atomic E-state index is 10.6.